The molecule has 2 nitrogen and oxygen atoms in total. The fourth-order valence-corrected chi connectivity index (χ4v) is 2.76. The second-order valence-corrected chi connectivity index (χ2v) is 6.07. The second kappa shape index (κ2) is 6.31. The van der Waals surface area contributed by atoms with E-state index in [0.717, 1.165) is 19.1 Å². The van der Waals surface area contributed by atoms with Gasteiger partial charge in [0, 0.05) is 31.9 Å². The van der Waals surface area contributed by atoms with E-state index < -0.39 is 0 Å². The molecule has 1 N–H and O–H groups in total. The Balaban J connectivity index is 1.72. The summed E-state index contributed by atoms with van der Waals surface area (Å²) in [5.74, 6) is 0. The van der Waals surface area contributed by atoms with Gasteiger partial charge in [0.2, 0.25) is 0 Å². The van der Waals surface area contributed by atoms with Crippen LogP contribution in [-0.4, -0.2) is 13.1 Å². The number of anilines is 1. The summed E-state index contributed by atoms with van der Waals surface area (Å²) in [5, 5.41) is 3.62. The van der Waals surface area contributed by atoms with Crippen LogP contribution >= 0.6 is 0 Å². The van der Waals surface area contributed by atoms with Gasteiger partial charge in [0.05, 0.1) is 0 Å². The van der Waals surface area contributed by atoms with Gasteiger partial charge >= 0.3 is 0 Å². The van der Waals surface area contributed by atoms with Gasteiger partial charge in [0.1, 0.15) is 0 Å². The Hall–Kier alpha value is -1.80. The molecule has 1 aliphatic rings. The van der Waals surface area contributed by atoms with Crippen molar-refractivity contribution in [1.82, 2.24) is 5.32 Å². The third-order valence-corrected chi connectivity index (χ3v) is 4.21. The summed E-state index contributed by atoms with van der Waals surface area (Å²) < 4.78 is 0. The van der Waals surface area contributed by atoms with Gasteiger partial charge in [-0.1, -0.05) is 42.5 Å². The van der Waals surface area contributed by atoms with Crippen molar-refractivity contribution in [3.05, 3.63) is 65.2 Å². The Bertz CT molecular complexity index is 602. The molecule has 1 saturated carbocycles. The average Bonchev–Trinajstić information content (AvgIpc) is 3.31. The zero-order valence-corrected chi connectivity index (χ0v) is 13.0. The molecule has 2 aromatic rings. The third-order valence-electron chi connectivity index (χ3n) is 4.21. The topological polar surface area (TPSA) is 15.3 Å². The quantitative estimate of drug-likeness (QED) is 0.863. The van der Waals surface area contributed by atoms with Gasteiger partial charge in [-0.2, -0.15) is 0 Å². The maximum atomic E-state index is 3.62. The lowest BCUT2D eigenvalue weighted by atomic mass is 10.1. The fourth-order valence-electron chi connectivity index (χ4n) is 2.76. The van der Waals surface area contributed by atoms with Crippen LogP contribution < -0.4 is 10.2 Å². The number of para-hydroxylation sites is 1. The standard InChI is InChI=1S/C19H24N2/c1-15-7-3-6-10-19(15)21(2)14-17-9-5-4-8-16(17)13-20-18-11-12-18/h3-10,18,20H,11-14H2,1-2H3. The average molecular weight is 280 g/mol. The first-order valence-corrected chi connectivity index (χ1v) is 7.81. The summed E-state index contributed by atoms with van der Waals surface area (Å²) in [6.07, 6.45) is 2.68. The van der Waals surface area contributed by atoms with E-state index in [1.165, 1.54) is 35.2 Å². The molecule has 2 heteroatoms. The van der Waals surface area contributed by atoms with Crippen LogP contribution in [0.3, 0.4) is 0 Å². The first-order valence-electron chi connectivity index (χ1n) is 7.81. The number of nitrogens with zero attached hydrogens (tertiary/aromatic N) is 1. The molecule has 0 amide bonds. The van der Waals surface area contributed by atoms with E-state index in [2.05, 4.69) is 72.7 Å². The Morgan fingerprint density at radius 3 is 2.38 bits per heavy atom. The second-order valence-electron chi connectivity index (χ2n) is 6.07. The fraction of sp³-hybridized carbons (Fsp3) is 0.368. The molecule has 1 aliphatic carbocycles. The molecule has 0 aromatic heterocycles. The summed E-state index contributed by atoms with van der Waals surface area (Å²) in [6, 6.07) is 18.1. The Morgan fingerprint density at radius 1 is 1.00 bits per heavy atom. The van der Waals surface area contributed by atoms with Crippen molar-refractivity contribution >= 4 is 5.69 Å². The molecule has 21 heavy (non-hydrogen) atoms. The molecule has 110 valence electrons. The van der Waals surface area contributed by atoms with E-state index in [0.29, 0.717) is 0 Å². The molecule has 3 rings (SSSR count). The molecule has 0 unspecified atom stereocenters. The summed E-state index contributed by atoms with van der Waals surface area (Å²) in [7, 11) is 2.17. The predicted octanol–water partition coefficient (Wildman–Crippen LogP) is 3.88. The van der Waals surface area contributed by atoms with Crippen molar-refractivity contribution in [1.29, 1.82) is 0 Å². The zero-order valence-electron chi connectivity index (χ0n) is 13.0. The molecule has 1 fully saturated rings. The van der Waals surface area contributed by atoms with Crippen molar-refractivity contribution in [3.63, 3.8) is 0 Å². The van der Waals surface area contributed by atoms with Crippen molar-refractivity contribution < 1.29 is 0 Å². The van der Waals surface area contributed by atoms with Gasteiger partial charge in [-0.15, -0.1) is 0 Å². The van der Waals surface area contributed by atoms with Gasteiger partial charge in [-0.25, -0.2) is 0 Å². The highest BCUT2D eigenvalue weighted by atomic mass is 15.1. The molecule has 0 bridgehead atoms. The van der Waals surface area contributed by atoms with Crippen LogP contribution in [0.2, 0.25) is 0 Å². The molecule has 0 spiro atoms. The molecule has 0 aliphatic heterocycles. The number of aryl methyl sites for hydroxylation is 1. The molecule has 0 heterocycles. The first-order chi connectivity index (χ1) is 10.2. The predicted molar refractivity (Wildman–Crippen MR) is 89.6 cm³/mol. The van der Waals surface area contributed by atoms with Crippen LogP contribution in [0.4, 0.5) is 5.69 Å². The monoisotopic (exact) mass is 280 g/mol. The van der Waals surface area contributed by atoms with Crippen LogP contribution in [0, 0.1) is 6.92 Å². The van der Waals surface area contributed by atoms with Crippen LogP contribution in [-0.2, 0) is 13.1 Å². The summed E-state index contributed by atoms with van der Waals surface area (Å²) >= 11 is 0. The number of rotatable bonds is 6. The van der Waals surface area contributed by atoms with Crippen LogP contribution in [0.5, 0.6) is 0 Å². The number of benzene rings is 2. The number of hydrogen-bond donors (Lipinski definition) is 1. The molecule has 0 saturated heterocycles. The van der Waals surface area contributed by atoms with Crippen LogP contribution in [0.15, 0.2) is 48.5 Å². The Labute approximate surface area is 127 Å². The van der Waals surface area contributed by atoms with E-state index >= 15 is 0 Å². The lowest BCUT2D eigenvalue weighted by Gasteiger charge is -2.23. The first kappa shape index (κ1) is 14.2. The molecule has 2 aromatic carbocycles. The maximum Gasteiger partial charge on any atom is 0.0429 e. The number of nitrogens with one attached hydrogen (secondary N) is 1. The molecule has 0 atom stereocenters. The number of hydrogen-bond acceptors (Lipinski definition) is 2. The van der Waals surface area contributed by atoms with E-state index in [9.17, 15) is 0 Å². The highest BCUT2D eigenvalue weighted by Gasteiger charge is 2.20. The van der Waals surface area contributed by atoms with Crippen molar-refractivity contribution in [2.75, 3.05) is 11.9 Å². The van der Waals surface area contributed by atoms with E-state index in [4.69, 9.17) is 0 Å². The normalized spacial score (nSPS) is 14.2. The largest absolute Gasteiger partial charge is 0.370 e. The van der Waals surface area contributed by atoms with Gasteiger partial charge < -0.3 is 10.2 Å². The minimum atomic E-state index is 0.757. The summed E-state index contributed by atoms with van der Waals surface area (Å²) in [6.45, 7) is 4.11. The lowest BCUT2D eigenvalue weighted by Crippen LogP contribution is -2.21. The Morgan fingerprint density at radius 2 is 1.67 bits per heavy atom. The van der Waals surface area contributed by atoms with E-state index in [1.54, 1.807) is 0 Å². The van der Waals surface area contributed by atoms with Gasteiger partial charge in [-0.3, -0.25) is 0 Å². The zero-order chi connectivity index (χ0) is 14.7. The van der Waals surface area contributed by atoms with Crippen LogP contribution in [0.25, 0.3) is 0 Å². The van der Waals surface area contributed by atoms with Gasteiger partial charge in [-0.05, 0) is 42.5 Å². The molecular formula is C19H24N2. The lowest BCUT2D eigenvalue weighted by molar-refractivity contribution is 0.681. The summed E-state index contributed by atoms with van der Waals surface area (Å²) in [5.41, 5.74) is 5.47. The smallest absolute Gasteiger partial charge is 0.0429 e. The minimum absolute atomic E-state index is 0.757. The highest BCUT2D eigenvalue weighted by Crippen LogP contribution is 2.23. The third kappa shape index (κ3) is 3.64. The van der Waals surface area contributed by atoms with Gasteiger partial charge in [0.25, 0.3) is 0 Å². The van der Waals surface area contributed by atoms with E-state index in [1.807, 2.05) is 0 Å². The highest BCUT2D eigenvalue weighted by molar-refractivity contribution is 5.53. The van der Waals surface area contributed by atoms with Crippen molar-refractivity contribution in [2.45, 2.75) is 38.9 Å². The SMILES string of the molecule is Cc1ccccc1N(C)Cc1ccccc1CNC1CC1. The van der Waals surface area contributed by atoms with Gasteiger partial charge in [0.15, 0.2) is 0 Å². The van der Waals surface area contributed by atoms with Crippen molar-refractivity contribution in [2.24, 2.45) is 0 Å². The molecular weight excluding hydrogens is 256 g/mol. The molecule has 0 radical (unpaired) electrons. The van der Waals surface area contributed by atoms with Crippen LogP contribution in [0.1, 0.15) is 29.5 Å². The Kier molecular flexibility index (Phi) is 4.26. The van der Waals surface area contributed by atoms with Crippen molar-refractivity contribution in [3.8, 4) is 0 Å². The maximum absolute atomic E-state index is 3.62. The van der Waals surface area contributed by atoms with E-state index in [-0.39, 0.29) is 0 Å². The summed E-state index contributed by atoms with van der Waals surface area (Å²) in [4.78, 5) is 2.34. The minimum Gasteiger partial charge on any atom is -0.370 e.